The average molecular weight is 340 g/mol. The van der Waals surface area contributed by atoms with Gasteiger partial charge in [0.15, 0.2) is 0 Å². The van der Waals surface area contributed by atoms with Crippen LogP contribution in [-0.2, 0) is 15.4 Å². The van der Waals surface area contributed by atoms with E-state index in [4.69, 9.17) is 4.74 Å². The van der Waals surface area contributed by atoms with Crippen LogP contribution in [-0.4, -0.2) is 22.9 Å². The van der Waals surface area contributed by atoms with Crippen LogP contribution in [0.1, 0.15) is 40.2 Å². The van der Waals surface area contributed by atoms with Crippen molar-refractivity contribution in [2.45, 2.75) is 45.3 Å². The Hall–Kier alpha value is -1.89. The first-order valence-corrected chi connectivity index (χ1v) is 8.80. The lowest BCUT2D eigenvalue weighted by Crippen LogP contribution is -2.22. The molecule has 7 heteroatoms. The Morgan fingerprint density at radius 3 is 2.39 bits per heavy atom. The lowest BCUT2D eigenvalue weighted by molar-refractivity contribution is 0.448. The zero-order chi connectivity index (χ0) is 17.4. The van der Waals surface area contributed by atoms with Crippen LogP contribution in [0.5, 0.6) is 11.6 Å². The maximum atomic E-state index is 14.1. The van der Waals surface area contributed by atoms with E-state index in [9.17, 15) is 12.8 Å². The quantitative estimate of drug-likeness (QED) is 0.851. The smallest absolute Gasteiger partial charge is 0.256 e. The van der Waals surface area contributed by atoms with Gasteiger partial charge in [0.1, 0.15) is 11.6 Å². The first kappa shape index (κ1) is 17.5. The molecule has 0 saturated carbocycles. The second-order valence-corrected chi connectivity index (χ2v) is 8.96. The van der Waals surface area contributed by atoms with Crippen molar-refractivity contribution in [1.29, 1.82) is 0 Å². The predicted molar refractivity (Wildman–Crippen MR) is 86.9 cm³/mol. The van der Waals surface area contributed by atoms with E-state index in [0.29, 0.717) is 5.56 Å². The minimum atomic E-state index is -3.53. The van der Waals surface area contributed by atoms with Gasteiger partial charge in [0.2, 0.25) is 5.88 Å². The van der Waals surface area contributed by atoms with E-state index in [1.54, 1.807) is 26.0 Å². The van der Waals surface area contributed by atoms with E-state index >= 15 is 0 Å². The Balaban J connectivity index is 2.25. The molecule has 0 N–H and O–H groups in total. The van der Waals surface area contributed by atoms with Crippen molar-refractivity contribution in [1.82, 2.24) is 9.19 Å². The largest absolute Gasteiger partial charge is 0.437 e. The van der Waals surface area contributed by atoms with Crippen molar-refractivity contribution in [3.05, 3.63) is 41.8 Å². The summed E-state index contributed by atoms with van der Waals surface area (Å²) in [6.45, 7) is 8.90. The van der Waals surface area contributed by atoms with Crippen LogP contribution in [0, 0.1) is 5.82 Å². The fourth-order valence-electron chi connectivity index (χ4n) is 1.99. The van der Waals surface area contributed by atoms with E-state index in [-0.39, 0.29) is 22.9 Å². The number of aromatic nitrogens is 2. The van der Waals surface area contributed by atoms with Crippen LogP contribution >= 0.6 is 0 Å². The van der Waals surface area contributed by atoms with Gasteiger partial charge in [-0.05, 0) is 30.9 Å². The topological polar surface area (TPSA) is 61.2 Å². The molecule has 0 spiro atoms. The highest BCUT2D eigenvalue weighted by Gasteiger charge is 2.21. The standard InChI is InChI=1S/C16H21FN2O3S/c1-11(2)23(20,21)19-9-8-15(18-19)22-12-6-7-13(14(17)10-12)16(3,4)5/h6-11H,1-5H3. The number of rotatable bonds is 4. The van der Waals surface area contributed by atoms with E-state index in [1.807, 2.05) is 20.8 Å². The van der Waals surface area contributed by atoms with Gasteiger partial charge in [-0.2, -0.15) is 4.09 Å². The molecular formula is C16H21FN2O3S. The van der Waals surface area contributed by atoms with Crippen LogP contribution in [0.25, 0.3) is 0 Å². The number of halogens is 1. The number of nitrogens with zero attached hydrogens (tertiary/aromatic N) is 2. The highest BCUT2D eigenvalue weighted by Crippen LogP contribution is 2.29. The summed E-state index contributed by atoms with van der Waals surface area (Å²) in [5.74, 6) is -0.0101. The molecule has 0 radical (unpaired) electrons. The van der Waals surface area contributed by atoms with Gasteiger partial charge in [0.05, 0.1) is 5.25 Å². The number of ether oxygens (including phenoxy) is 1. The Labute approximate surface area is 136 Å². The van der Waals surface area contributed by atoms with Crippen molar-refractivity contribution in [3.8, 4) is 11.6 Å². The maximum absolute atomic E-state index is 14.1. The molecule has 5 nitrogen and oxygen atoms in total. The molecule has 0 aliphatic rings. The Bertz CT molecular complexity index is 805. The van der Waals surface area contributed by atoms with Gasteiger partial charge in [0, 0.05) is 18.3 Å². The molecule has 0 bridgehead atoms. The number of hydrogen-bond donors (Lipinski definition) is 0. The van der Waals surface area contributed by atoms with E-state index in [2.05, 4.69) is 5.10 Å². The monoisotopic (exact) mass is 340 g/mol. The van der Waals surface area contributed by atoms with Gasteiger partial charge in [-0.15, -0.1) is 5.10 Å². The molecule has 0 atom stereocenters. The summed E-state index contributed by atoms with van der Waals surface area (Å²) in [6.07, 6.45) is 1.31. The fourth-order valence-corrected chi connectivity index (χ4v) is 2.85. The van der Waals surface area contributed by atoms with Crippen molar-refractivity contribution >= 4 is 10.0 Å². The molecule has 0 unspecified atom stereocenters. The normalized spacial score (nSPS) is 12.7. The van der Waals surface area contributed by atoms with E-state index in [0.717, 1.165) is 4.09 Å². The average Bonchev–Trinajstić information content (AvgIpc) is 2.86. The molecular weight excluding hydrogens is 319 g/mol. The zero-order valence-corrected chi connectivity index (χ0v) is 14.7. The summed E-state index contributed by atoms with van der Waals surface area (Å²) in [5.41, 5.74) is 0.271. The minimum Gasteiger partial charge on any atom is -0.437 e. The Kier molecular flexibility index (Phi) is 4.52. The second-order valence-electron chi connectivity index (χ2n) is 6.61. The van der Waals surface area contributed by atoms with Crippen molar-refractivity contribution in [2.24, 2.45) is 0 Å². The SMILES string of the molecule is CC(C)S(=O)(=O)n1ccc(Oc2ccc(C(C)(C)C)c(F)c2)n1. The third-order valence-corrected chi connectivity index (χ3v) is 5.29. The molecule has 1 heterocycles. The van der Waals surface area contributed by atoms with Crippen LogP contribution in [0.4, 0.5) is 4.39 Å². The first-order chi connectivity index (χ1) is 10.5. The molecule has 0 fully saturated rings. The summed E-state index contributed by atoms with van der Waals surface area (Å²) >= 11 is 0. The van der Waals surface area contributed by atoms with Gasteiger partial charge >= 0.3 is 0 Å². The second kappa shape index (κ2) is 5.96. The van der Waals surface area contributed by atoms with Crippen LogP contribution < -0.4 is 4.74 Å². The van der Waals surface area contributed by atoms with Crippen molar-refractivity contribution in [2.75, 3.05) is 0 Å². The highest BCUT2D eigenvalue weighted by molar-refractivity contribution is 7.90. The molecule has 0 aliphatic carbocycles. The maximum Gasteiger partial charge on any atom is 0.256 e. The third-order valence-electron chi connectivity index (χ3n) is 3.37. The molecule has 0 amide bonds. The Morgan fingerprint density at radius 2 is 1.87 bits per heavy atom. The number of hydrogen-bond acceptors (Lipinski definition) is 4. The molecule has 1 aromatic heterocycles. The lowest BCUT2D eigenvalue weighted by atomic mass is 9.87. The molecule has 0 saturated heterocycles. The molecule has 126 valence electrons. The van der Waals surface area contributed by atoms with E-state index in [1.165, 1.54) is 18.3 Å². The number of benzene rings is 1. The summed E-state index contributed by atoms with van der Waals surface area (Å²) < 4.78 is 44.4. The van der Waals surface area contributed by atoms with Crippen LogP contribution in [0.15, 0.2) is 30.5 Å². The van der Waals surface area contributed by atoms with Crippen molar-refractivity contribution < 1.29 is 17.5 Å². The van der Waals surface area contributed by atoms with Gasteiger partial charge in [0.25, 0.3) is 10.0 Å². The summed E-state index contributed by atoms with van der Waals surface area (Å²) in [6, 6.07) is 6.00. The third kappa shape index (κ3) is 3.72. The zero-order valence-electron chi connectivity index (χ0n) is 13.9. The molecule has 23 heavy (non-hydrogen) atoms. The van der Waals surface area contributed by atoms with Gasteiger partial charge in [-0.1, -0.05) is 26.8 Å². The molecule has 1 aromatic carbocycles. The van der Waals surface area contributed by atoms with Crippen LogP contribution in [0.2, 0.25) is 0 Å². The van der Waals surface area contributed by atoms with Gasteiger partial charge in [-0.25, -0.2) is 12.8 Å². The van der Waals surface area contributed by atoms with E-state index < -0.39 is 15.3 Å². The highest BCUT2D eigenvalue weighted by atomic mass is 32.2. The predicted octanol–water partition coefficient (Wildman–Crippen LogP) is 3.70. The summed E-state index contributed by atoms with van der Waals surface area (Å²) in [5, 5.41) is 3.28. The van der Waals surface area contributed by atoms with Gasteiger partial charge < -0.3 is 4.74 Å². The molecule has 2 rings (SSSR count). The molecule has 0 aliphatic heterocycles. The lowest BCUT2D eigenvalue weighted by Gasteiger charge is -2.20. The first-order valence-electron chi connectivity index (χ1n) is 7.30. The Morgan fingerprint density at radius 1 is 1.22 bits per heavy atom. The van der Waals surface area contributed by atoms with Gasteiger partial charge in [-0.3, -0.25) is 0 Å². The summed E-state index contributed by atoms with van der Waals surface area (Å²) in [4.78, 5) is 0. The van der Waals surface area contributed by atoms with Crippen LogP contribution in [0.3, 0.4) is 0 Å². The fraction of sp³-hybridized carbons (Fsp3) is 0.438. The summed E-state index contributed by atoms with van der Waals surface area (Å²) in [7, 11) is -3.53. The van der Waals surface area contributed by atoms with Crippen molar-refractivity contribution in [3.63, 3.8) is 0 Å². The molecule has 2 aromatic rings. The minimum absolute atomic E-state index is 0.0946.